The minimum atomic E-state index is -0.988. The minimum absolute atomic E-state index is 0.189. The summed E-state index contributed by atoms with van der Waals surface area (Å²) in [5, 5.41) is 12.7. The molecule has 4 N–H and O–H groups in total. The number of para-hydroxylation sites is 1. The van der Waals surface area contributed by atoms with Crippen LogP contribution in [0.15, 0.2) is 48.5 Å². The predicted molar refractivity (Wildman–Crippen MR) is 80.6 cm³/mol. The number of nitrogens with one attached hydrogen (secondary N) is 1. The normalized spacial score (nSPS) is 10.5. The van der Waals surface area contributed by atoms with Gasteiger partial charge in [0.25, 0.3) is 0 Å². The van der Waals surface area contributed by atoms with Crippen LogP contribution in [-0.4, -0.2) is 21.0 Å². The summed E-state index contributed by atoms with van der Waals surface area (Å²) in [6.45, 7) is 0. The number of nitrogens with zero attached hydrogens (tertiary/aromatic N) is 2. The smallest absolute Gasteiger partial charge is 0.335 e. The standard InChI is InChI=1S/C15H12N4O2/c16-13-11-6-1-2-7-12(11)18-15(19-13)17-10-5-3-4-9(8-10)14(20)21/h1-8H,(H,20,21)(H3,16,17,18,19). The number of benzene rings is 2. The summed E-state index contributed by atoms with van der Waals surface area (Å²) in [5.41, 5.74) is 7.40. The van der Waals surface area contributed by atoms with Crippen LogP contribution < -0.4 is 11.1 Å². The van der Waals surface area contributed by atoms with E-state index < -0.39 is 5.97 Å². The van der Waals surface area contributed by atoms with E-state index in [-0.39, 0.29) is 5.56 Å². The first kappa shape index (κ1) is 12.9. The van der Waals surface area contributed by atoms with Gasteiger partial charge in [-0.1, -0.05) is 18.2 Å². The number of nitrogens with two attached hydrogens (primary N) is 1. The number of carboxylic acid groups (broad SMARTS) is 1. The largest absolute Gasteiger partial charge is 0.478 e. The van der Waals surface area contributed by atoms with Gasteiger partial charge >= 0.3 is 5.97 Å². The first-order valence-corrected chi connectivity index (χ1v) is 6.26. The van der Waals surface area contributed by atoms with E-state index >= 15 is 0 Å². The van der Waals surface area contributed by atoms with Crippen molar-refractivity contribution < 1.29 is 9.90 Å². The van der Waals surface area contributed by atoms with Gasteiger partial charge in [0.2, 0.25) is 5.95 Å². The Bertz CT molecular complexity index is 833. The molecule has 21 heavy (non-hydrogen) atoms. The van der Waals surface area contributed by atoms with Crippen molar-refractivity contribution in [2.75, 3.05) is 11.1 Å². The van der Waals surface area contributed by atoms with Gasteiger partial charge in [-0.3, -0.25) is 0 Å². The van der Waals surface area contributed by atoms with Crippen LogP contribution in [0, 0.1) is 0 Å². The molecule has 0 unspecified atom stereocenters. The highest BCUT2D eigenvalue weighted by atomic mass is 16.4. The molecular weight excluding hydrogens is 268 g/mol. The third-order valence-electron chi connectivity index (χ3n) is 3.00. The maximum absolute atomic E-state index is 11.0. The van der Waals surface area contributed by atoms with Crippen LogP contribution in [0.4, 0.5) is 17.5 Å². The fraction of sp³-hybridized carbons (Fsp3) is 0. The Morgan fingerprint density at radius 3 is 2.71 bits per heavy atom. The van der Waals surface area contributed by atoms with E-state index in [0.717, 1.165) is 10.9 Å². The van der Waals surface area contributed by atoms with Gasteiger partial charge in [-0.05, 0) is 30.3 Å². The molecule has 6 heteroatoms. The third-order valence-corrected chi connectivity index (χ3v) is 3.00. The molecule has 2 aromatic carbocycles. The van der Waals surface area contributed by atoms with Crippen molar-refractivity contribution in [3.63, 3.8) is 0 Å². The summed E-state index contributed by atoms with van der Waals surface area (Å²) >= 11 is 0. The van der Waals surface area contributed by atoms with E-state index in [9.17, 15) is 4.79 Å². The Labute approximate surface area is 120 Å². The van der Waals surface area contributed by atoms with E-state index in [1.165, 1.54) is 12.1 Å². The molecule has 0 spiro atoms. The SMILES string of the molecule is Nc1nc(Nc2cccc(C(=O)O)c2)nc2ccccc12. The highest BCUT2D eigenvalue weighted by Crippen LogP contribution is 2.21. The van der Waals surface area contributed by atoms with Crippen LogP contribution in [0.25, 0.3) is 10.9 Å². The van der Waals surface area contributed by atoms with E-state index in [0.29, 0.717) is 17.5 Å². The summed E-state index contributed by atoms with van der Waals surface area (Å²) in [4.78, 5) is 19.5. The Balaban J connectivity index is 1.98. The fourth-order valence-electron chi connectivity index (χ4n) is 2.02. The summed E-state index contributed by atoms with van der Waals surface area (Å²) in [7, 11) is 0. The van der Waals surface area contributed by atoms with E-state index in [2.05, 4.69) is 15.3 Å². The Morgan fingerprint density at radius 2 is 1.90 bits per heavy atom. The van der Waals surface area contributed by atoms with Crippen molar-refractivity contribution >= 4 is 34.3 Å². The maximum Gasteiger partial charge on any atom is 0.335 e. The average molecular weight is 280 g/mol. The summed E-state index contributed by atoms with van der Waals surface area (Å²) in [6, 6.07) is 13.8. The zero-order valence-corrected chi connectivity index (χ0v) is 10.9. The summed E-state index contributed by atoms with van der Waals surface area (Å²) in [6.07, 6.45) is 0. The van der Waals surface area contributed by atoms with Crippen molar-refractivity contribution in [3.05, 3.63) is 54.1 Å². The van der Waals surface area contributed by atoms with Crippen LogP contribution in [0.2, 0.25) is 0 Å². The molecule has 6 nitrogen and oxygen atoms in total. The number of hydrogen-bond acceptors (Lipinski definition) is 5. The molecule has 0 saturated heterocycles. The molecule has 0 bridgehead atoms. The lowest BCUT2D eigenvalue weighted by molar-refractivity contribution is 0.0697. The van der Waals surface area contributed by atoms with Gasteiger partial charge in [-0.15, -0.1) is 0 Å². The first-order chi connectivity index (χ1) is 10.1. The lowest BCUT2D eigenvalue weighted by atomic mass is 10.2. The lowest BCUT2D eigenvalue weighted by Crippen LogP contribution is -2.02. The zero-order chi connectivity index (χ0) is 14.8. The summed E-state index contributed by atoms with van der Waals surface area (Å²) < 4.78 is 0. The highest BCUT2D eigenvalue weighted by molar-refractivity contribution is 5.90. The van der Waals surface area contributed by atoms with Crippen LogP contribution in [0.1, 0.15) is 10.4 Å². The minimum Gasteiger partial charge on any atom is -0.478 e. The van der Waals surface area contributed by atoms with Crippen molar-refractivity contribution in [1.82, 2.24) is 9.97 Å². The second kappa shape index (κ2) is 5.09. The molecule has 0 aliphatic heterocycles. The highest BCUT2D eigenvalue weighted by Gasteiger charge is 2.07. The molecule has 3 rings (SSSR count). The number of nitrogen functional groups attached to an aromatic ring is 1. The van der Waals surface area contributed by atoms with Gasteiger partial charge in [0.1, 0.15) is 5.82 Å². The number of hydrogen-bond donors (Lipinski definition) is 3. The molecule has 1 heterocycles. The van der Waals surface area contributed by atoms with E-state index in [4.69, 9.17) is 10.8 Å². The third kappa shape index (κ3) is 2.59. The number of carbonyl (C=O) groups is 1. The number of fused-ring (bicyclic) bond motifs is 1. The van der Waals surface area contributed by atoms with E-state index in [1.54, 1.807) is 12.1 Å². The van der Waals surface area contributed by atoms with Gasteiger partial charge < -0.3 is 16.2 Å². The molecule has 0 aliphatic carbocycles. The number of anilines is 3. The lowest BCUT2D eigenvalue weighted by Gasteiger charge is -2.08. The first-order valence-electron chi connectivity index (χ1n) is 6.26. The number of aromatic nitrogens is 2. The van der Waals surface area contributed by atoms with Gasteiger partial charge in [0, 0.05) is 11.1 Å². The molecule has 0 atom stereocenters. The molecule has 0 saturated carbocycles. The molecule has 104 valence electrons. The molecule has 1 aromatic heterocycles. The molecule has 3 aromatic rings. The predicted octanol–water partition coefficient (Wildman–Crippen LogP) is 2.65. The van der Waals surface area contributed by atoms with Gasteiger partial charge in [0.05, 0.1) is 11.1 Å². The molecule has 0 amide bonds. The van der Waals surface area contributed by atoms with Gasteiger partial charge in [-0.2, -0.15) is 4.98 Å². The number of rotatable bonds is 3. The molecule has 0 aliphatic rings. The molecular formula is C15H12N4O2. The topological polar surface area (TPSA) is 101 Å². The number of aromatic carboxylic acids is 1. The van der Waals surface area contributed by atoms with E-state index in [1.807, 2.05) is 24.3 Å². The quantitative estimate of drug-likeness (QED) is 0.681. The maximum atomic E-state index is 11.0. The fourth-order valence-corrected chi connectivity index (χ4v) is 2.02. The average Bonchev–Trinajstić information content (AvgIpc) is 2.47. The Morgan fingerprint density at radius 1 is 1.10 bits per heavy atom. The van der Waals surface area contributed by atoms with Crippen LogP contribution in [-0.2, 0) is 0 Å². The molecule has 0 fully saturated rings. The second-order valence-electron chi connectivity index (χ2n) is 4.46. The monoisotopic (exact) mass is 280 g/mol. The van der Waals surface area contributed by atoms with Crippen LogP contribution in [0.5, 0.6) is 0 Å². The Hall–Kier alpha value is -3.15. The summed E-state index contributed by atoms with van der Waals surface area (Å²) in [5.74, 6) is -0.288. The van der Waals surface area contributed by atoms with Crippen LogP contribution >= 0.6 is 0 Å². The van der Waals surface area contributed by atoms with Crippen molar-refractivity contribution in [3.8, 4) is 0 Å². The van der Waals surface area contributed by atoms with Gasteiger partial charge in [0.15, 0.2) is 0 Å². The van der Waals surface area contributed by atoms with Crippen molar-refractivity contribution in [2.45, 2.75) is 0 Å². The second-order valence-corrected chi connectivity index (χ2v) is 4.46. The van der Waals surface area contributed by atoms with Crippen molar-refractivity contribution in [1.29, 1.82) is 0 Å². The number of carboxylic acids is 1. The van der Waals surface area contributed by atoms with Crippen LogP contribution in [0.3, 0.4) is 0 Å². The molecule has 0 radical (unpaired) electrons. The zero-order valence-electron chi connectivity index (χ0n) is 10.9. The van der Waals surface area contributed by atoms with Crippen molar-refractivity contribution in [2.24, 2.45) is 0 Å². The Kier molecular flexibility index (Phi) is 3.12. The van der Waals surface area contributed by atoms with Gasteiger partial charge in [-0.25, -0.2) is 9.78 Å².